The monoisotopic (exact) mass is 377 g/mol. The lowest BCUT2D eigenvalue weighted by Gasteiger charge is -2.19. The quantitative estimate of drug-likeness (QED) is 0.822. The minimum atomic E-state index is -4.82. The lowest BCUT2D eigenvalue weighted by atomic mass is 10.1. The molecule has 2 rings (SSSR count). The smallest absolute Gasteiger partial charge is 0.416 e. The van der Waals surface area contributed by atoms with Crippen LogP contribution in [0.4, 0.5) is 26.3 Å². The van der Waals surface area contributed by atoms with Gasteiger partial charge in [-0.25, -0.2) is 8.42 Å². The van der Waals surface area contributed by atoms with E-state index in [4.69, 9.17) is 0 Å². The number of phenols is 1. The Kier molecular flexibility index (Phi) is 4.79. The topological polar surface area (TPSA) is 57.6 Å². The molecular weight excluding hydrogens is 364 g/mol. The van der Waals surface area contributed by atoms with Crippen LogP contribution >= 0.6 is 0 Å². The van der Waals surface area contributed by atoms with Gasteiger partial charge in [0, 0.05) is 19.5 Å². The van der Waals surface area contributed by atoms with Crippen LogP contribution in [0.1, 0.15) is 18.4 Å². The molecule has 24 heavy (non-hydrogen) atoms. The van der Waals surface area contributed by atoms with Gasteiger partial charge < -0.3 is 5.11 Å². The molecule has 4 nitrogen and oxygen atoms in total. The van der Waals surface area contributed by atoms with Gasteiger partial charge in [0.25, 0.3) is 0 Å². The van der Waals surface area contributed by atoms with Gasteiger partial charge in [-0.05, 0) is 30.5 Å². The highest BCUT2D eigenvalue weighted by Gasteiger charge is 2.40. The van der Waals surface area contributed by atoms with Gasteiger partial charge in [-0.15, -0.1) is 0 Å². The van der Waals surface area contributed by atoms with Gasteiger partial charge in [-0.1, -0.05) is 0 Å². The van der Waals surface area contributed by atoms with Crippen LogP contribution in [0.15, 0.2) is 23.1 Å². The molecule has 11 heteroatoms. The maximum absolute atomic E-state index is 12.7. The van der Waals surface area contributed by atoms with E-state index < -0.39 is 57.5 Å². The van der Waals surface area contributed by atoms with E-state index in [1.54, 1.807) is 0 Å². The number of benzene rings is 1. The van der Waals surface area contributed by atoms with E-state index in [1.165, 1.54) is 0 Å². The average Bonchev–Trinajstić information content (AvgIpc) is 2.84. The van der Waals surface area contributed by atoms with Crippen LogP contribution < -0.4 is 0 Å². The maximum Gasteiger partial charge on any atom is 0.416 e. The Labute approximate surface area is 133 Å². The molecular formula is C13H13F6NO3S. The van der Waals surface area contributed by atoms with Crippen molar-refractivity contribution in [2.75, 3.05) is 13.1 Å². The third kappa shape index (κ3) is 4.12. The first-order chi connectivity index (χ1) is 10.8. The maximum atomic E-state index is 12.7. The summed E-state index contributed by atoms with van der Waals surface area (Å²) in [6.45, 7) is -0.712. The van der Waals surface area contributed by atoms with E-state index in [0.717, 1.165) is 0 Å². The van der Waals surface area contributed by atoms with Crippen LogP contribution in [0.3, 0.4) is 0 Å². The summed E-state index contributed by atoms with van der Waals surface area (Å²) in [7, 11) is -4.52. The minimum absolute atomic E-state index is 0.0571. The highest BCUT2D eigenvalue weighted by atomic mass is 32.2. The Bertz CT molecular complexity index is 713. The van der Waals surface area contributed by atoms with Crippen molar-refractivity contribution in [3.05, 3.63) is 23.8 Å². The zero-order valence-corrected chi connectivity index (χ0v) is 12.8. The highest BCUT2D eigenvalue weighted by Crippen LogP contribution is 2.37. The molecule has 0 radical (unpaired) electrons. The summed E-state index contributed by atoms with van der Waals surface area (Å²) in [4.78, 5) is -0.968. The van der Waals surface area contributed by atoms with Gasteiger partial charge in [0.05, 0.1) is 5.56 Å². The molecule has 0 spiro atoms. The number of alkyl halides is 6. The fourth-order valence-electron chi connectivity index (χ4n) is 2.55. The van der Waals surface area contributed by atoms with Crippen LogP contribution in [-0.4, -0.2) is 37.1 Å². The molecule has 1 saturated heterocycles. The van der Waals surface area contributed by atoms with Crippen molar-refractivity contribution < 1.29 is 39.9 Å². The molecule has 1 N–H and O–H groups in total. The molecule has 1 unspecified atom stereocenters. The molecule has 1 fully saturated rings. The van der Waals surface area contributed by atoms with E-state index in [-0.39, 0.29) is 19.0 Å². The van der Waals surface area contributed by atoms with Gasteiger partial charge in [0.15, 0.2) is 0 Å². The standard InChI is InChI=1S/C13H13F6NO3S/c14-12(15,16)6-8-3-4-20(7-8)24(22,23)11-5-9(13(17,18)19)1-2-10(11)21/h1-2,5,8,21H,3-4,6-7H2. The molecule has 1 heterocycles. The number of aromatic hydroxyl groups is 1. The third-order valence-corrected chi connectivity index (χ3v) is 5.57. The molecule has 1 aliphatic heterocycles. The molecule has 0 saturated carbocycles. The zero-order valence-electron chi connectivity index (χ0n) is 12.0. The summed E-state index contributed by atoms with van der Waals surface area (Å²) in [6.07, 6.45) is -10.5. The van der Waals surface area contributed by atoms with Gasteiger partial charge in [-0.2, -0.15) is 30.6 Å². The average molecular weight is 377 g/mol. The van der Waals surface area contributed by atoms with Crippen LogP contribution in [0.2, 0.25) is 0 Å². The van der Waals surface area contributed by atoms with E-state index >= 15 is 0 Å². The Morgan fingerprint density at radius 1 is 1.17 bits per heavy atom. The summed E-state index contributed by atoms with van der Waals surface area (Å²) < 4.78 is 101. The molecule has 1 aliphatic rings. The van der Waals surface area contributed by atoms with Gasteiger partial charge in [0.1, 0.15) is 10.6 Å². The summed E-state index contributed by atoms with van der Waals surface area (Å²) in [5, 5.41) is 9.60. The van der Waals surface area contributed by atoms with E-state index in [2.05, 4.69) is 0 Å². The number of nitrogens with zero attached hydrogens (tertiary/aromatic N) is 1. The lowest BCUT2D eigenvalue weighted by molar-refractivity contribution is -0.143. The highest BCUT2D eigenvalue weighted by molar-refractivity contribution is 7.89. The SMILES string of the molecule is O=S(=O)(c1cc(C(F)(F)F)ccc1O)N1CCC(CC(F)(F)F)C1. The van der Waals surface area contributed by atoms with Gasteiger partial charge in [-0.3, -0.25) is 0 Å². The number of phenolic OH excluding ortho intramolecular Hbond substituents is 1. The first-order valence-electron chi connectivity index (χ1n) is 6.78. The largest absolute Gasteiger partial charge is 0.507 e. The second-order valence-corrected chi connectivity index (χ2v) is 7.42. The number of hydrogen-bond acceptors (Lipinski definition) is 3. The first-order valence-corrected chi connectivity index (χ1v) is 8.22. The molecule has 0 aliphatic carbocycles. The van der Waals surface area contributed by atoms with Crippen LogP contribution in [0, 0.1) is 5.92 Å². The predicted molar refractivity (Wildman–Crippen MR) is 70.6 cm³/mol. The molecule has 0 aromatic heterocycles. The molecule has 0 bridgehead atoms. The van der Waals surface area contributed by atoms with Crippen LogP contribution in [-0.2, 0) is 16.2 Å². The summed E-state index contributed by atoms with van der Waals surface area (Å²) in [5.74, 6) is -1.85. The second-order valence-electron chi connectivity index (χ2n) is 5.52. The van der Waals surface area contributed by atoms with Crippen molar-refractivity contribution in [1.29, 1.82) is 0 Å². The molecule has 1 atom stereocenters. The van der Waals surface area contributed by atoms with Crippen LogP contribution in [0.25, 0.3) is 0 Å². The summed E-state index contributed by atoms with van der Waals surface area (Å²) >= 11 is 0. The number of sulfonamides is 1. The Balaban J connectivity index is 2.29. The predicted octanol–water partition coefficient (Wildman–Crippen LogP) is 3.37. The zero-order chi connectivity index (χ0) is 18.3. The molecule has 1 aromatic rings. The number of halogens is 6. The Hall–Kier alpha value is -1.49. The number of hydrogen-bond donors (Lipinski definition) is 1. The normalized spacial score (nSPS) is 20.5. The second kappa shape index (κ2) is 6.10. The minimum Gasteiger partial charge on any atom is -0.507 e. The summed E-state index contributed by atoms with van der Waals surface area (Å²) in [6, 6.07) is 1.39. The van der Waals surface area contributed by atoms with Gasteiger partial charge in [0.2, 0.25) is 10.0 Å². The van der Waals surface area contributed by atoms with Crippen molar-refractivity contribution >= 4 is 10.0 Å². The first kappa shape index (κ1) is 18.8. The Morgan fingerprint density at radius 2 is 1.79 bits per heavy atom. The fourth-order valence-corrected chi connectivity index (χ4v) is 4.18. The van der Waals surface area contributed by atoms with Crippen molar-refractivity contribution in [3.8, 4) is 5.75 Å². The van der Waals surface area contributed by atoms with Crippen LogP contribution in [0.5, 0.6) is 5.75 Å². The van der Waals surface area contributed by atoms with E-state index in [1.807, 2.05) is 0 Å². The van der Waals surface area contributed by atoms with E-state index in [9.17, 15) is 39.9 Å². The molecule has 136 valence electrons. The van der Waals surface area contributed by atoms with Crippen molar-refractivity contribution in [1.82, 2.24) is 4.31 Å². The molecule has 1 aromatic carbocycles. The Morgan fingerprint density at radius 3 is 2.33 bits per heavy atom. The molecule has 0 amide bonds. The van der Waals surface area contributed by atoms with Crippen molar-refractivity contribution in [3.63, 3.8) is 0 Å². The number of rotatable bonds is 3. The van der Waals surface area contributed by atoms with Gasteiger partial charge >= 0.3 is 12.4 Å². The fraction of sp³-hybridized carbons (Fsp3) is 0.538. The third-order valence-electron chi connectivity index (χ3n) is 3.67. The summed E-state index contributed by atoms with van der Waals surface area (Å²) in [5.41, 5.74) is -1.27. The van der Waals surface area contributed by atoms with Crippen molar-refractivity contribution in [2.24, 2.45) is 5.92 Å². The van der Waals surface area contributed by atoms with Crippen molar-refractivity contribution in [2.45, 2.75) is 30.1 Å². The van der Waals surface area contributed by atoms with E-state index in [0.29, 0.717) is 16.4 Å². The lowest BCUT2D eigenvalue weighted by Crippen LogP contribution is -2.30.